The Morgan fingerprint density at radius 3 is 1.33 bits per heavy atom. The summed E-state index contributed by atoms with van der Waals surface area (Å²) in [5.41, 5.74) is 5.14. The minimum absolute atomic E-state index is 0.245. The molecule has 0 aromatic rings. The predicted molar refractivity (Wildman–Crippen MR) is 158 cm³/mol. The normalized spacial score (nSPS) is 14.9. The van der Waals surface area contributed by atoms with Crippen LogP contribution in [0.4, 0.5) is 4.79 Å². The van der Waals surface area contributed by atoms with Gasteiger partial charge in [0.05, 0.1) is 13.2 Å². The van der Waals surface area contributed by atoms with Crippen LogP contribution >= 0.6 is 13.4 Å². The SMILES string of the molecule is CCCCCCCCCCCCOP(O)(=S)OP(=S)(OCCCCCCCCCCCC)OC(N)=O. The number of carbonyl (C=O) groups excluding carboxylic acids is 1. The van der Waals surface area contributed by atoms with Gasteiger partial charge >= 0.3 is 19.5 Å². The van der Waals surface area contributed by atoms with Crippen LogP contribution < -0.4 is 5.73 Å². The molecule has 0 saturated carbocycles. The number of hydrogen-bond donors (Lipinski definition) is 2. The number of hydrogen-bond acceptors (Lipinski definition) is 7. The number of rotatable bonds is 27. The van der Waals surface area contributed by atoms with E-state index in [9.17, 15) is 9.69 Å². The largest absolute Gasteiger partial charge is 0.411 e. The first-order valence-electron chi connectivity index (χ1n) is 14.2. The van der Waals surface area contributed by atoms with Crippen LogP contribution in [0.25, 0.3) is 0 Å². The molecule has 36 heavy (non-hydrogen) atoms. The summed E-state index contributed by atoms with van der Waals surface area (Å²) in [6, 6.07) is 0. The summed E-state index contributed by atoms with van der Waals surface area (Å²) in [6.45, 7) is -2.38. The molecule has 1 amide bonds. The molecule has 0 aromatic carbocycles. The van der Waals surface area contributed by atoms with Crippen molar-refractivity contribution in [3.63, 3.8) is 0 Å². The van der Waals surface area contributed by atoms with E-state index in [4.69, 9.17) is 47.2 Å². The van der Waals surface area contributed by atoms with Crippen molar-refractivity contribution in [3.8, 4) is 0 Å². The lowest BCUT2D eigenvalue weighted by Crippen LogP contribution is -2.14. The lowest BCUT2D eigenvalue weighted by molar-refractivity contribution is 0.177. The van der Waals surface area contributed by atoms with Crippen molar-refractivity contribution in [2.75, 3.05) is 13.2 Å². The zero-order chi connectivity index (χ0) is 27.0. The molecule has 0 aliphatic heterocycles. The predicted octanol–water partition coefficient (Wildman–Crippen LogP) is 9.41. The third-order valence-electron chi connectivity index (χ3n) is 5.90. The van der Waals surface area contributed by atoms with Crippen LogP contribution in [0.1, 0.15) is 142 Å². The van der Waals surface area contributed by atoms with E-state index in [1.54, 1.807) is 0 Å². The fraction of sp³-hybridized carbons (Fsp3) is 0.960. The van der Waals surface area contributed by atoms with Gasteiger partial charge in [-0.05, 0) is 24.6 Å². The average Bonchev–Trinajstić information content (AvgIpc) is 2.80. The highest BCUT2D eigenvalue weighted by molar-refractivity contribution is 8.14. The topological polar surface area (TPSA) is 100 Å². The summed E-state index contributed by atoms with van der Waals surface area (Å²) >= 11 is 10.3. The fourth-order valence-corrected chi connectivity index (χ4v) is 9.02. The van der Waals surface area contributed by atoms with Crippen molar-refractivity contribution in [1.29, 1.82) is 0 Å². The van der Waals surface area contributed by atoms with E-state index in [-0.39, 0.29) is 13.2 Å². The zero-order valence-corrected chi connectivity index (χ0v) is 26.3. The number of carbonyl (C=O) groups is 1. The second-order valence-electron chi connectivity index (χ2n) is 9.44. The quantitative estimate of drug-likeness (QED) is 0.0722. The van der Waals surface area contributed by atoms with Crippen LogP contribution in [0, 0.1) is 0 Å². The summed E-state index contributed by atoms with van der Waals surface area (Å²) < 4.78 is 21.2. The molecule has 0 spiro atoms. The van der Waals surface area contributed by atoms with Gasteiger partial charge in [-0.1, -0.05) is 129 Å². The van der Waals surface area contributed by atoms with Gasteiger partial charge in [-0.25, -0.2) is 9.11 Å². The van der Waals surface area contributed by atoms with Gasteiger partial charge in [-0.15, -0.1) is 0 Å². The molecule has 0 aromatic heterocycles. The second-order valence-corrected chi connectivity index (χ2v) is 15.3. The van der Waals surface area contributed by atoms with Gasteiger partial charge in [0.2, 0.25) is 0 Å². The number of primary amides is 1. The molecule has 11 heteroatoms. The zero-order valence-electron chi connectivity index (χ0n) is 22.8. The molecule has 2 unspecified atom stereocenters. The Balaban J connectivity index is 4.06. The lowest BCUT2D eigenvalue weighted by Gasteiger charge is -2.24. The van der Waals surface area contributed by atoms with E-state index in [1.807, 2.05) is 0 Å². The van der Waals surface area contributed by atoms with Crippen molar-refractivity contribution in [1.82, 2.24) is 0 Å². The van der Waals surface area contributed by atoms with Crippen LogP contribution in [-0.4, -0.2) is 24.2 Å². The minimum Gasteiger partial charge on any atom is -0.374 e. The summed E-state index contributed by atoms with van der Waals surface area (Å²) in [4.78, 5) is 21.7. The standard InChI is InChI=1S/C25H53NO6P2S2/c1-3-5-7-9-11-13-15-17-19-21-23-29-33(28,35)32-34(36,31-25(26)27)30-24-22-20-18-16-14-12-10-8-6-4-2/h3-24H2,1-2H3,(H2,26,27)(H,28,35). The van der Waals surface area contributed by atoms with Gasteiger partial charge in [-0.3, -0.25) is 4.52 Å². The number of unbranched alkanes of at least 4 members (excludes halogenated alkanes) is 18. The summed E-state index contributed by atoms with van der Waals surface area (Å²) in [7, 11) is 0. The molecule has 0 heterocycles. The molecule has 0 rings (SSSR count). The highest BCUT2D eigenvalue weighted by Crippen LogP contribution is 2.64. The Kier molecular flexibility index (Phi) is 24.7. The van der Waals surface area contributed by atoms with Gasteiger partial charge in [0.15, 0.2) is 0 Å². The van der Waals surface area contributed by atoms with Gasteiger partial charge < -0.3 is 19.7 Å². The Bertz CT molecular complexity index is 627. The van der Waals surface area contributed by atoms with E-state index < -0.39 is 19.5 Å². The van der Waals surface area contributed by atoms with Crippen LogP contribution in [0.2, 0.25) is 0 Å². The first-order chi connectivity index (χ1) is 17.2. The van der Waals surface area contributed by atoms with Crippen molar-refractivity contribution in [3.05, 3.63) is 0 Å². The monoisotopic (exact) mass is 589 g/mol. The van der Waals surface area contributed by atoms with E-state index in [1.165, 1.54) is 89.9 Å². The van der Waals surface area contributed by atoms with Crippen molar-refractivity contribution >= 4 is 43.1 Å². The first kappa shape index (κ1) is 36.4. The van der Waals surface area contributed by atoms with Crippen LogP contribution in [0.15, 0.2) is 0 Å². The van der Waals surface area contributed by atoms with E-state index in [0.717, 1.165) is 38.5 Å². The Hall–Kier alpha value is 0.410. The maximum atomic E-state index is 11.3. The molecule has 7 nitrogen and oxygen atoms in total. The average molecular weight is 590 g/mol. The molecule has 0 saturated heterocycles. The Morgan fingerprint density at radius 1 is 0.639 bits per heavy atom. The molecule has 0 fully saturated rings. The number of amides is 1. The molecule has 2 atom stereocenters. The van der Waals surface area contributed by atoms with Gasteiger partial charge in [0.25, 0.3) is 0 Å². The maximum absolute atomic E-state index is 11.3. The van der Waals surface area contributed by atoms with Crippen LogP contribution in [0.3, 0.4) is 0 Å². The highest BCUT2D eigenvalue weighted by atomic mass is 32.5. The fourth-order valence-electron chi connectivity index (χ4n) is 3.86. The first-order valence-corrected chi connectivity index (χ1v) is 19.3. The summed E-state index contributed by atoms with van der Waals surface area (Å²) in [5, 5.41) is 0. The molecule has 0 aliphatic rings. The van der Waals surface area contributed by atoms with E-state index >= 15 is 0 Å². The number of nitrogens with two attached hydrogens (primary N) is 1. The third-order valence-corrected chi connectivity index (χ3v) is 11.0. The van der Waals surface area contributed by atoms with Crippen LogP contribution in [-0.2, 0) is 41.5 Å². The van der Waals surface area contributed by atoms with Gasteiger partial charge in [0, 0.05) is 11.8 Å². The molecule has 0 radical (unpaired) electrons. The Morgan fingerprint density at radius 2 is 0.972 bits per heavy atom. The van der Waals surface area contributed by atoms with Crippen molar-refractivity contribution < 1.29 is 27.6 Å². The third kappa shape index (κ3) is 24.7. The van der Waals surface area contributed by atoms with E-state index in [0.29, 0.717) is 0 Å². The molecule has 3 N–H and O–H groups in total. The Labute approximate surface area is 231 Å². The second kappa shape index (κ2) is 24.5. The highest BCUT2D eigenvalue weighted by Gasteiger charge is 2.33. The molecule has 216 valence electrons. The summed E-state index contributed by atoms with van der Waals surface area (Å²) in [6.07, 6.45) is 22.6. The van der Waals surface area contributed by atoms with Gasteiger partial charge in [0.1, 0.15) is 0 Å². The molecular weight excluding hydrogens is 536 g/mol. The lowest BCUT2D eigenvalue weighted by atomic mass is 10.1. The molecular formula is C25H53NO6P2S2. The van der Waals surface area contributed by atoms with E-state index in [2.05, 4.69) is 13.8 Å². The maximum Gasteiger partial charge on any atom is 0.411 e. The van der Waals surface area contributed by atoms with Gasteiger partial charge in [-0.2, -0.15) is 0 Å². The van der Waals surface area contributed by atoms with Crippen LogP contribution in [0.5, 0.6) is 0 Å². The minimum atomic E-state index is -3.71. The summed E-state index contributed by atoms with van der Waals surface area (Å²) in [5.74, 6) is 0. The molecule has 0 aliphatic carbocycles. The van der Waals surface area contributed by atoms with Crippen molar-refractivity contribution in [2.45, 2.75) is 142 Å². The van der Waals surface area contributed by atoms with Crippen molar-refractivity contribution in [2.24, 2.45) is 5.73 Å². The smallest absolute Gasteiger partial charge is 0.374 e. The molecule has 0 bridgehead atoms.